The van der Waals surface area contributed by atoms with Gasteiger partial charge < -0.3 is 25.0 Å². The van der Waals surface area contributed by atoms with Crippen molar-refractivity contribution < 1.29 is 28.6 Å². The molecule has 2 aliphatic heterocycles. The molecule has 0 radical (unpaired) electrons. The molecule has 0 spiro atoms. The molecule has 0 unspecified atom stereocenters. The van der Waals surface area contributed by atoms with Crippen LogP contribution in [0, 0.1) is 24.6 Å². The van der Waals surface area contributed by atoms with Crippen molar-refractivity contribution in [3.8, 4) is 17.6 Å². The van der Waals surface area contributed by atoms with E-state index in [1.54, 1.807) is 23.5 Å². The molecule has 2 N–H and O–H groups in total. The molecule has 7 rings (SSSR count). The van der Waals surface area contributed by atoms with E-state index in [-0.39, 0.29) is 27.7 Å². The van der Waals surface area contributed by atoms with Gasteiger partial charge in [0.25, 0.3) is 0 Å². The third-order valence-electron chi connectivity index (χ3n) is 10.5. The lowest BCUT2D eigenvalue weighted by Gasteiger charge is -2.33. The molecule has 1 fully saturated rings. The highest BCUT2D eigenvalue weighted by atomic mass is 127. The van der Waals surface area contributed by atoms with E-state index in [4.69, 9.17) is 4.74 Å². The molecular formula is C43H46FIN8O5S2. The number of thiazole rings is 2. The molecule has 3 aromatic heterocycles. The van der Waals surface area contributed by atoms with Crippen LogP contribution in [0.25, 0.3) is 10.2 Å². The Balaban J connectivity index is 0.874. The first-order valence-electron chi connectivity index (χ1n) is 20.2. The Labute approximate surface area is 369 Å². The van der Waals surface area contributed by atoms with Crippen LogP contribution in [-0.4, -0.2) is 96.6 Å². The number of aromatic nitrogens is 4. The molecule has 60 heavy (non-hydrogen) atoms. The van der Waals surface area contributed by atoms with Crippen molar-refractivity contribution in [2.75, 3.05) is 56.1 Å². The van der Waals surface area contributed by atoms with E-state index in [9.17, 15) is 19.5 Å². The number of carbonyl (C=O) groups is 3. The number of piperazine rings is 1. The third-order valence-corrected chi connectivity index (χ3v) is 13.2. The van der Waals surface area contributed by atoms with E-state index in [1.165, 1.54) is 17.4 Å². The highest BCUT2D eigenvalue weighted by Crippen LogP contribution is 2.39. The number of para-hydroxylation sites is 1. The topological polar surface area (TPSA) is 154 Å². The van der Waals surface area contributed by atoms with E-state index >= 15 is 4.39 Å². The zero-order valence-electron chi connectivity index (χ0n) is 33.3. The molecule has 0 saturated carbocycles. The standard InChI is InChI=1S/C43H46FIN8O5S2/c1-28-30-12-9-21-53(40(30)50-49-39(28)48-42-46-32-13-6-7-14-34(32)59-42)43-47-38(41(56)57)35(60-43)15-10-26-58-33-19-18-29(27-31(33)44)11-8-20-51-22-24-52(25-23-51)37(55)17-5-3-2-4-16-36(45)54/h6-7,13-14,18-19,27H,2-5,9-10,12,15-17,20-26H2,1H3,(H,56,57)(H,46,48,49). The summed E-state index contributed by atoms with van der Waals surface area (Å²) in [4.78, 5) is 51.8. The van der Waals surface area contributed by atoms with Crippen molar-refractivity contribution in [2.45, 2.75) is 71.1 Å². The first-order chi connectivity index (χ1) is 29.1. The second-order valence-corrected chi connectivity index (χ2v) is 18.0. The van der Waals surface area contributed by atoms with Crippen LogP contribution >= 0.6 is 45.3 Å². The number of unbranched alkanes of at least 4 members (excludes halogenated alkanes) is 3. The Kier molecular flexibility index (Phi) is 14.9. The number of amides is 1. The van der Waals surface area contributed by atoms with Gasteiger partial charge in [0.15, 0.2) is 42.9 Å². The zero-order valence-corrected chi connectivity index (χ0v) is 37.1. The van der Waals surface area contributed by atoms with Crippen molar-refractivity contribution in [1.29, 1.82) is 0 Å². The normalized spacial score (nSPS) is 14.1. The summed E-state index contributed by atoms with van der Waals surface area (Å²) in [6, 6.07) is 12.6. The van der Waals surface area contributed by atoms with Gasteiger partial charge in [0.2, 0.25) is 5.91 Å². The molecule has 5 aromatic rings. The van der Waals surface area contributed by atoms with Crippen LogP contribution in [0.5, 0.6) is 5.75 Å². The van der Waals surface area contributed by atoms with Crippen molar-refractivity contribution >= 4 is 93.0 Å². The summed E-state index contributed by atoms with van der Waals surface area (Å²) in [7, 11) is 0. The number of aromatic carboxylic acids is 1. The number of carboxylic acids is 1. The fraction of sp³-hybridized carbons (Fsp3) is 0.419. The molecule has 0 bridgehead atoms. The highest BCUT2D eigenvalue weighted by molar-refractivity contribution is 14.1. The summed E-state index contributed by atoms with van der Waals surface area (Å²) in [5.74, 6) is 6.14. The molecule has 2 aromatic carbocycles. The van der Waals surface area contributed by atoms with Gasteiger partial charge in [-0.3, -0.25) is 14.5 Å². The van der Waals surface area contributed by atoms with E-state index < -0.39 is 11.8 Å². The molecular weight excluding hydrogens is 919 g/mol. The number of anilines is 4. The number of aryl methyl sites for hydroxylation is 1. The molecule has 1 amide bonds. The lowest BCUT2D eigenvalue weighted by atomic mass is 10.0. The number of hydrogen-bond donors (Lipinski definition) is 2. The number of fused-ring (bicyclic) bond motifs is 2. The summed E-state index contributed by atoms with van der Waals surface area (Å²) in [6.45, 7) is 6.16. The predicted octanol–water partition coefficient (Wildman–Crippen LogP) is 8.33. The molecule has 0 atom stereocenters. The number of hydrogen-bond acceptors (Lipinski definition) is 13. The Morgan fingerprint density at radius 2 is 1.77 bits per heavy atom. The third kappa shape index (κ3) is 11.1. The monoisotopic (exact) mass is 964 g/mol. The van der Waals surface area contributed by atoms with Gasteiger partial charge in [-0.05, 0) is 98.4 Å². The smallest absolute Gasteiger partial charge is 0.355 e. The highest BCUT2D eigenvalue weighted by Gasteiger charge is 2.28. The second kappa shape index (κ2) is 20.7. The van der Waals surface area contributed by atoms with Crippen molar-refractivity contribution in [3.05, 3.63) is 75.5 Å². The zero-order chi connectivity index (χ0) is 42.0. The van der Waals surface area contributed by atoms with Gasteiger partial charge in [0, 0.05) is 67.1 Å². The number of carboxylic acid groups (broad SMARTS) is 1. The maximum Gasteiger partial charge on any atom is 0.355 e. The number of rotatable bonds is 17. The minimum atomic E-state index is -1.11. The maximum absolute atomic E-state index is 15.0. The fourth-order valence-corrected chi connectivity index (χ4v) is 9.64. The largest absolute Gasteiger partial charge is 0.491 e. The van der Waals surface area contributed by atoms with E-state index in [0.717, 1.165) is 78.1 Å². The maximum atomic E-state index is 15.0. The van der Waals surface area contributed by atoms with Gasteiger partial charge in [-0.25, -0.2) is 19.2 Å². The summed E-state index contributed by atoms with van der Waals surface area (Å²) in [5, 5.41) is 23.7. The molecule has 1 saturated heterocycles. The number of carbonyl (C=O) groups excluding carboxylic acids is 2. The van der Waals surface area contributed by atoms with Gasteiger partial charge in [0.05, 0.1) is 23.4 Å². The SMILES string of the molecule is Cc1c(Nc2nc3ccccc3s2)nnc2c1CCCN2c1nc(C(=O)O)c(CCCOc2ccc(C#CCN3CCN(C(=O)CCCCCCC(=O)I)CC3)cc2F)s1. The van der Waals surface area contributed by atoms with Crippen molar-refractivity contribution in [1.82, 2.24) is 30.0 Å². The Morgan fingerprint density at radius 3 is 2.53 bits per heavy atom. The molecule has 13 nitrogen and oxygen atoms in total. The van der Waals surface area contributed by atoms with Gasteiger partial charge in [-0.15, -0.1) is 21.5 Å². The van der Waals surface area contributed by atoms with Crippen molar-refractivity contribution in [3.63, 3.8) is 0 Å². The lowest BCUT2D eigenvalue weighted by molar-refractivity contribution is -0.133. The summed E-state index contributed by atoms with van der Waals surface area (Å²) in [6.07, 6.45) is 7.32. The van der Waals surface area contributed by atoms with Crippen LogP contribution in [0.1, 0.15) is 83.4 Å². The quantitative estimate of drug-likeness (QED) is 0.0399. The molecule has 2 aliphatic rings. The lowest BCUT2D eigenvalue weighted by Crippen LogP contribution is -2.48. The summed E-state index contributed by atoms with van der Waals surface area (Å²) in [5.41, 5.74) is 3.45. The van der Waals surface area contributed by atoms with Crippen LogP contribution in [0.3, 0.4) is 0 Å². The van der Waals surface area contributed by atoms with Crippen LogP contribution in [0.4, 0.5) is 26.3 Å². The Bertz CT molecular complexity index is 2370. The van der Waals surface area contributed by atoms with E-state index in [2.05, 4.69) is 42.2 Å². The summed E-state index contributed by atoms with van der Waals surface area (Å²) < 4.78 is 22.1. The van der Waals surface area contributed by atoms with Crippen LogP contribution in [0.2, 0.25) is 0 Å². The average Bonchev–Trinajstić information content (AvgIpc) is 3.87. The number of ether oxygens (including phenoxy) is 1. The van der Waals surface area contributed by atoms with Gasteiger partial charge >= 0.3 is 5.97 Å². The first-order valence-corrected chi connectivity index (χ1v) is 22.9. The van der Waals surface area contributed by atoms with Crippen LogP contribution in [0.15, 0.2) is 42.5 Å². The number of benzene rings is 2. The number of nitrogens with zero attached hydrogens (tertiary/aromatic N) is 7. The molecule has 314 valence electrons. The molecule has 17 heteroatoms. The van der Waals surface area contributed by atoms with Crippen LogP contribution < -0.4 is 15.0 Å². The molecule has 5 heterocycles. The number of halogens is 2. The minimum absolute atomic E-state index is 0.00472. The predicted molar refractivity (Wildman–Crippen MR) is 241 cm³/mol. The van der Waals surface area contributed by atoms with Gasteiger partial charge in [0.1, 0.15) is 0 Å². The Morgan fingerprint density at radius 1 is 0.967 bits per heavy atom. The first kappa shape index (κ1) is 43.3. The van der Waals surface area contributed by atoms with Gasteiger partial charge in [-0.2, -0.15) is 0 Å². The fourth-order valence-electron chi connectivity index (χ4n) is 7.27. The van der Waals surface area contributed by atoms with Gasteiger partial charge in [-0.1, -0.05) is 48.2 Å². The van der Waals surface area contributed by atoms with Crippen molar-refractivity contribution in [2.24, 2.45) is 0 Å². The Hall–Kier alpha value is -4.77. The molecule has 0 aliphatic carbocycles. The van der Waals surface area contributed by atoms with E-state index in [1.807, 2.05) is 63.6 Å². The number of nitrogens with one attached hydrogen (secondary N) is 1. The van der Waals surface area contributed by atoms with Crippen LogP contribution in [-0.2, 0) is 22.4 Å². The van der Waals surface area contributed by atoms with E-state index in [0.29, 0.717) is 79.1 Å². The summed E-state index contributed by atoms with van der Waals surface area (Å²) >= 11 is 4.69. The minimum Gasteiger partial charge on any atom is -0.491 e. The second-order valence-electron chi connectivity index (χ2n) is 14.7. The average molecular weight is 965 g/mol.